The number of methoxy groups -OCH3 is 1. The van der Waals surface area contributed by atoms with Gasteiger partial charge in [0.25, 0.3) is 0 Å². The smallest absolute Gasteiger partial charge is 0.0772 e. The largest absolute Gasteiger partial charge is 0.379 e. The molecule has 2 rings (SSSR count). The van der Waals surface area contributed by atoms with E-state index in [9.17, 15) is 0 Å². The molecule has 0 amide bonds. The number of benzene rings is 1. The van der Waals surface area contributed by atoms with E-state index in [-0.39, 0.29) is 0 Å². The second kappa shape index (κ2) is 6.04. The Balaban J connectivity index is 2.24. The van der Waals surface area contributed by atoms with E-state index in [1.165, 1.54) is 11.3 Å². The van der Waals surface area contributed by atoms with E-state index in [1.54, 1.807) is 7.11 Å². The molecule has 1 aliphatic rings. The van der Waals surface area contributed by atoms with E-state index in [1.807, 2.05) is 6.07 Å². The van der Waals surface area contributed by atoms with Gasteiger partial charge in [-0.25, -0.2) is 0 Å². The van der Waals surface area contributed by atoms with Crippen molar-refractivity contribution in [3.63, 3.8) is 0 Å². The molecule has 1 heterocycles. The van der Waals surface area contributed by atoms with Crippen LogP contribution in [0.3, 0.4) is 0 Å². The lowest BCUT2D eigenvalue weighted by molar-refractivity contribution is 0.0498. The molecule has 2 atom stereocenters. The van der Waals surface area contributed by atoms with Crippen molar-refractivity contribution in [2.75, 3.05) is 25.1 Å². The Morgan fingerprint density at radius 3 is 2.94 bits per heavy atom. The third-order valence-corrected chi connectivity index (χ3v) is 4.57. The van der Waals surface area contributed by atoms with Crippen LogP contribution in [0.5, 0.6) is 0 Å². The quantitative estimate of drug-likeness (QED) is 0.932. The highest BCUT2D eigenvalue weighted by atomic mass is 79.9. The van der Waals surface area contributed by atoms with E-state index in [2.05, 4.69) is 39.9 Å². The maximum absolute atomic E-state index is 5.86. The summed E-state index contributed by atoms with van der Waals surface area (Å²) in [5.41, 5.74) is 8.28. The van der Waals surface area contributed by atoms with Crippen molar-refractivity contribution in [3.8, 4) is 0 Å². The number of rotatable bonds is 3. The minimum atomic E-state index is 0.309. The van der Waals surface area contributed by atoms with Crippen LogP contribution in [0.4, 0.5) is 5.69 Å². The highest BCUT2D eigenvalue weighted by molar-refractivity contribution is 9.10. The molecule has 2 unspecified atom stereocenters. The molecule has 0 aliphatic carbocycles. The summed E-state index contributed by atoms with van der Waals surface area (Å²) in [6, 6.07) is 6.26. The van der Waals surface area contributed by atoms with Gasteiger partial charge in [0.15, 0.2) is 0 Å². The van der Waals surface area contributed by atoms with E-state index in [0.717, 1.165) is 24.0 Å². The summed E-state index contributed by atoms with van der Waals surface area (Å²) in [4.78, 5) is 2.39. The van der Waals surface area contributed by atoms with Gasteiger partial charge in [-0.15, -0.1) is 0 Å². The van der Waals surface area contributed by atoms with E-state index in [4.69, 9.17) is 10.5 Å². The van der Waals surface area contributed by atoms with Crippen LogP contribution in [0.1, 0.15) is 18.9 Å². The zero-order chi connectivity index (χ0) is 13.1. The lowest BCUT2D eigenvalue weighted by atomic mass is 9.95. The molecular formula is C14H21BrN2O. The van der Waals surface area contributed by atoms with Crippen molar-refractivity contribution in [2.24, 2.45) is 11.7 Å². The first-order valence-corrected chi connectivity index (χ1v) is 7.21. The highest BCUT2D eigenvalue weighted by Gasteiger charge is 2.27. The van der Waals surface area contributed by atoms with Gasteiger partial charge in [-0.2, -0.15) is 0 Å². The number of nitrogens with zero attached hydrogens (tertiary/aromatic N) is 1. The molecule has 1 aliphatic heterocycles. The number of ether oxygens (including phenoxy) is 1. The molecule has 1 aromatic rings. The lowest BCUT2D eigenvalue weighted by Gasteiger charge is -2.38. The molecule has 1 fully saturated rings. The molecule has 0 bridgehead atoms. The molecule has 0 spiro atoms. The molecule has 1 aromatic carbocycles. The number of piperidine rings is 1. The van der Waals surface area contributed by atoms with Crippen molar-refractivity contribution in [1.29, 1.82) is 0 Å². The van der Waals surface area contributed by atoms with Crippen molar-refractivity contribution in [3.05, 3.63) is 28.2 Å². The van der Waals surface area contributed by atoms with Crippen molar-refractivity contribution < 1.29 is 4.74 Å². The number of hydrogen-bond donors (Lipinski definition) is 1. The summed E-state index contributed by atoms with van der Waals surface area (Å²) in [6.07, 6.45) is 1.47. The Hall–Kier alpha value is -0.580. The average Bonchev–Trinajstić information content (AvgIpc) is 2.39. The number of halogens is 1. The number of anilines is 1. The molecule has 0 radical (unpaired) electrons. The van der Waals surface area contributed by atoms with Gasteiger partial charge in [-0.3, -0.25) is 0 Å². The molecule has 1 saturated heterocycles. The van der Waals surface area contributed by atoms with Crippen LogP contribution in [0, 0.1) is 5.92 Å². The zero-order valence-corrected chi connectivity index (χ0v) is 12.6. The average molecular weight is 313 g/mol. The Kier molecular flexibility index (Phi) is 4.65. The van der Waals surface area contributed by atoms with E-state index in [0.29, 0.717) is 18.6 Å². The topological polar surface area (TPSA) is 38.5 Å². The maximum Gasteiger partial charge on any atom is 0.0772 e. The zero-order valence-electron chi connectivity index (χ0n) is 11.0. The molecule has 18 heavy (non-hydrogen) atoms. The van der Waals surface area contributed by atoms with Gasteiger partial charge in [0.1, 0.15) is 0 Å². The lowest BCUT2D eigenvalue weighted by Crippen LogP contribution is -2.44. The maximum atomic E-state index is 5.86. The molecule has 100 valence electrons. The normalized spacial score (nSPS) is 24.3. The van der Waals surface area contributed by atoms with Gasteiger partial charge < -0.3 is 15.4 Å². The monoisotopic (exact) mass is 312 g/mol. The fourth-order valence-electron chi connectivity index (χ4n) is 2.61. The first-order valence-electron chi connectivity index (χ1n) is 6.42. The molecule has 4 heteroatoms. The van der Waals surface area contributed by atoms with Crippen LogP contribution in [-0.4, -0.2) is 26.3 Å². The van der Waals surface area contributed by atoms with Crippen LogP contribution in [0.2, 0.25) is 0 Å². The third kappa shape index (κ3) is 2.71. The van der Waals surface area contributed by atoms with Gasteiger partial charge in [-0.05, 0) is 24.5 Å². The highest BCUT2D eigenvalue weighted by Crippen LogP contribution is 2.31. The minimum Gasteiger partial charge on any atom is -0.379 e. The predicted octanol–water partition coefficient (Wildman–Crippen LogP) is 2.77. The Labute approximate surface area is 117 Å². The van der Waals surface area contributed by atoms with Gasteiger partial charge in [-0.1, -0.05) is 28.9 Å². The summed E-state index contributed by atoms with van der Waals surface area (Å²) < 4.78 is 6.67. The van der Waals surface area contributed by atoms with E-state index >= 15 is 0 Å². The fourth-order valence-corrected chi connectivity index (χ4v) is 3.12. The van der Waals surface area contributed by atoms with Gasteiger partial charge in [0, 0.05) is 42.5 Å². The van der Waals surface area contributed by atoms with Crippen LogP contribution in [0.15, 0.2) is 22.7 Å². The second-order valence-corrected chi connectivity index (χ2v) is 5.78. The summed E-state index contributed by atoms with van der Waals surface area (Å²) >= 11 is 3.58. The molecule has 0 aromatic heterocycles. The van der Waals surface area contributed by atoms with Crippen LogP contribution < -0.4 is 10.6 Å². The van der Waals surface area contributed by atoms with Crippen LogP contribution in [-0.2, 0) is 11.3 Å². The fraction of sp³-hybridized carbons (Fsp3) is 0.571. The van der Waals surface area contributed by atoms with Crippen molar-refractivity contribution in [2.45, 2.75) is 26.0 Å². The predicted molar refractivity (Wildman–Crippen MR) is 78.8 cm³/mol. The number of hydrogen-bond acceptors (Lipinski definition) is 3. The minimum absolute atomic E-state index is 0.309. The van der Waals surface area contributed by atoms with E-state index < -0.39 is 0 Å². The SMILES string of the molecule is COC1CN(c2cccc(Br)c2CN)CCC1C. The Morgan fingerprint density at radius 2 is 2.28 bits per heavy atom. The first-order chi connectivity index (χ1) is 8.67. The third-order valence-electron chi connectivity index (χ3n) is 3.83. The summed E-state index contributed by atoms with van der Waals surface area (Å²) in [7, 11) is 1.80. The Morgan fingerprint density at radius 1 is 1.50 bits per heavy atom. The summed E-state index contributed by atoms with van der Waals surface area (Å²) in [6.45, 7) is 4.84. The summed E-state index contributed by atoms with van der Waals surface area (Å²) in [5, 5.41) is 0. The van der Waals surface area contributed by atoms with Crippen LogP contribution in [0.25, 0.3) is 0 Å². The van der Waals surface area contributed by atoms with Gasteiger partial charge in [0.05, 0.1) is 6.10 Å². The van der Waals surface area contributed by atoms with Gasteiger partial charge >= 0.3 is 0 Å². The molecule has 0 saturated carbocycles. The number of nitrogens with two attached hydrogens (primary N) is 1. The molecule has 3 nitrogen and oxygen atoms in total. The first kappa shape index (κ1) is 13.8. The van der Waals surface area contributed by atoms with Gasteiger partial charge in [0.2, 0.25) is 0 Å². The van der Waals surface area contributed by atoms with Crippen molar-refractivity contribution >= 4 is 21.6 Å². The molecule has 2 N–H and O–H groups in total. The van der Waals surface area contributed by atoms with Crippen LogP contribution >= 0.6 is 15.9 Å². The standard InChI is InChI=1S/C14H21BrN2O/c1-10-6-7-17(9-14(10)18-2)13-5-3-4-12(15)11(13)8-16/h3-5,10,14H,6-9,16H2,1-2H3. The molecular weight excluding hydrogens is 292 g/mol. The Bertz CT molecular complexity index is 411. The second-order valence-electron chi connectivity index (χ2n) is 4.93. The summed E-state index contributed by atoms with van der Waals surface area (Å²) in [5.74, 6) is 0.625. The van der Waals surface area contributed by atoms with Crippen molar-refractivity contribution in [1.82, 2.24) is 0 Å².